The van der Waals surface area contributed by atoms with E-state index >= 15 is 0 Å². The molecule has 0 saturated heterocycles. The molecule has 2 aromatic carbocycles. The quantitative estimate of drug-likeness (QED) is 0.459. The van der Waals surface area contributed by atoms with Gasteiger partial charge in [-0.15, -0.1) is 0 Å². The molecule has 0 atom stereocenters. The minimum absolute atomic E-state index is 0.367. The van der Waals surface area contributed by atoms with Gasteiger partial charge in [-0.2, -0.15) is 0 Å². The molecule has 0 bridgehead atoms. The van der Waals surface area contributed by atoms with Crippen molar-refractivity contribution in [2.75, 3.05) is 0 Å². The van der Waals surface area contributed by atoms with E-state index in [1.165, 1.54) is 11.6 Å². The fourth-order valence-electron chi connectivity index (χ4n) is 1.89. The lowest BCUT2D eigenvalue weighted by Gasteiger charge is -2.00. The number of carbonyl (C=O) groups excluding carboxylic acids is 1. The Morgan fingerprint density at radius 3 is 2.40 bits per heavy atom. The summed E-state index contributed by atoms with van der Waals surface area (Å²) in [4.78, 5) is 11.6. The summed E-state index contributed by atoms with van der Waals surface area (Å²) in [5, 5.41) is 0. The van der Waals surface area contributed by atoms with Crippen LogP contribution in [0.15, 0.2) is 60.7 Å². The second-order valence-corrected chi connectivity index (χ2v) is 4.56. The molecule has 2 aromatic rings. The topological polar surface area (TPSA) is 26.3 Å². The predicted octanol–water partition coefficient (Wildman–Crippen LogP) is 4.26. The molecule has 0 aliphatic heterocycles. The zero-order chi connectivity index (χ0) is 14.2. The van der Waals surface area contributed by atoms with Crippen molar-refractivity contribution in [1.82, 2.24) is 0 Å². The van der Waals surface area contributed by atoms with E-state index < -0.39 is 0 Å². The van der Waals surface area contributed by atoms with Gasteiger partial charge in [0.25, 0.3) is 0 Å². The van der Waals surface area contributed by atoms with Gasteiger partial charge >= 0.3 is 5.97 Å². The van der Waals surface area contributed by atoms with Crippen LogP contribution in [0, 0.1) is 0 Å². The number of para-hydroxylation sites is 1. The fraction of sp³-hybridized carbons (Fsp3) is 0.167. The Morgan fingerprint density at radius 2 is 1.75 bits per heavy atom. The molecule has 0 saturated carbocycles. The van der Waals surface area contributed by atoms with Crippen molar-refractivity contribution >= 4 is 12.0 Å². The standard InChI is InChI=1S/C18H18O2/c1-2-6-15-9-11-16(12-10-15)13-14-18(19)20-17-7-4-3-5-8-17/h3-5,7-14H,2,6H2,1H3. The van der Waals surface area contributed by atoms with Crippen LogP contribution in [0.3, 0.4) is 0 Å². The molecular formula is C18H18O2. The van der Waals surface area contributed by atoms with Crippen molar-refractivity contribution in [2.45, 2.75) is 19.8 Å². The Kier molecular flexibility index (Phi) is 5.13. The first-order valence-corrected chi connectivity index (χ1v) is 6.82. The van der Waals surface area contributed by atoms with Crippen LogP contribution in [-0.2, 0) is 11.2 Å². The molecule has 0 spiro atoms. The summed E-state index contributed by atoms with van der Waals surface area (Å²) in [6.07, 6.45) is 5.43. The van der Waals surface area contributed by atoms with Gasteiger partial charge < -0.3 is 4.74 Å². The van der Waals surface area contributed by atoms with Crippen molar-refractivity contribution in [3.05, 3.63) is 71.8 Å². The molecule has 0 N–H and O–H groups in total. The van der Waals surface area contributed by atoms with Crippen LogP contribution in [-0.4, -0.2) is 5.97 Å². The lowest BCUT2D eigenvalue weighted by molar-refractivity contribution is -0.128. The van der Waals surface area contributed by atoms with Crippen molar-refractivity contribution in [3.8, 4) is 5.75 Å². The van der Waals surface area contributed by atoms with Gasteiger partial charge in [0.05, 0.1) is 0 Å². The Labute approximate surface area is 119 Å². The molecule has 0 aromatic heterocycles. The number of esters is 1. The third-order valence-corrected chi connectivity index (χ3v) is 2.89. The maximum atomic E-state index is 11.6. The number of rotatable bonds is 5. The van der Waals surface area contributed by atoms with Gasteiger partial charge in [0.15, 0.2) is 0 Å². The SMILES string of the molecule is CCCc1ccc(C=CC(=O)Oc2ccccc2)cc1. The Hall–Kier alpha value is -2.35. The predicted molar refractivity (Wildman–Crippen MR) is 81.5 cm³/mol. The molecule has 0 aliphatic rings. The summed E-state index contributed by atoms with van der Waals surface area (Å²) in [6.45, 7) is 2.16. The highest BCUT2D eigenvalue weighted by Crippen LogP contribution is 2.10. The van der Waals surface area contributed by atoms with E-state index in [9.17, 15) is 4.79 Å². The molecule has 0 fully saturated rings. The second-order valence-electron chi connectivity index (χ2n) is 4.56. The number of carbonyl (C=O) groups is 1. The Bertz CT molecular complexity index is 568. The van der Waals surface area contributed by atoms with Crippen LogP contribution in [0.5, 0.6) is 5.75 Å². The van der Waals surface area contributed by atoms with E-state index in [0.717, 1.165) is 18.4 Å². The van der Waals surface area contributed by atoms with Crippen LogP contribution in [0.25, 0.3) is 6.08 Å². The Morgan fingerprint density at radius 1 is 1.05 bits per heavy atom. The summed E-state index contributed by atoms with van der Waals surface area (Å²) in [7, 11) is 0. The molecular weight excluding hydrogens is 248 g/mol. The molecule has 0 radical (unpaired) electrons. The number of hydrogen-bond donors (Lipinski definition) is 0. The summed E-state index contributed by atoms with van der Waals surface area (Å²) < 4.78 is 5.17. The van der Waals surface area contributed by atoms with E-state index in [-0.39, 0.29) is 5.97 Å². The number of benzene rings is 2. The van der Waals surface area contributed by atoms with E-state index in [1.807, 2.05) is 30.3 Å². The van der Waals surface area contributed by atoms with Crippen LogP contribution in [0.1, 0.15) is 24.5 Å². The molecule has 0 amide bonds. The van der Waals surface area contributed by atoms with Gasteiger partial charge in [-0.1, -0.05) is 55.8 Å². The van der Waals surface area contributed by atoms with Gasteiger partial charge in [-0.3, -0.25) is 0 Å². The van der Waals surface area contributed by atoms with Gasteiger partial charge in [-0.25, -0.2) is 4.79 Å². The monoisotopic (exact) mass is 266 g/mol. The van der Waals surface area contributed by atoms with Crippen LogP contribution in [0.2, 0.25) is 0 Å². The van der Waals surface area contributed by atoms with E-state index in [0.29, 0.717) is 5.75 Å². The van der Waals surface area contributed by atoms with Crippen molar-refractivity contribution < 1.29 is 9.53 Å². The summed E-state index contributed by atoms with van der Waals surface area (Å²) in [5.74, 6) is 0.189. The van der Waals surface area contributed by atoms with Gasteiger partial charge in [0, 0.05) is 6.08 Å². The molecule has 2 rings (SSSR count). The zero-order valence-electron chi connectivity index (χ0n) is 11.6. The third kappa shape index (κ3) is 4.39. The maximum Gasteiger partial charge on any atom is 0.336 e. The Balaban J connectivity index is 1.93. The lowest BCUT2D eigenvalue weighted by atomic mass is 10.1. The average molecular weight is 266 g/mol. The normalized spacial score (nSPS) is 10.7. The van der Waals surface area contributed by atoms with Gasteiger partial charge in [-0.05, 0) is 35.8 Å². The maximum absolute atomic E-state index is 11.6. The highest BCUT2D eigenvalue weighted by atomic mass is 16.5. The molecule has 0 aliphatic carbocycles. The summed E-state index contributed by atoms with van der Waals surface area (Å²) >= 11 is 0. The van der Waals surface area contributed by atoms with Crippen molar-refractivity contribution in [3.63, 3.8) is 0 Å². The smallest absolute Gasteiger partial charge is 0.336 e. The average Bonchev–Trinajstić information content (AvgIpc) is 2.48. The van der Waals surface area contributed by atoms with E-state index in [1.54, 1.807) is 18.2 Å². The number of aryl methyl sites for hydroxylation is 1. The first-order chi connectivity index (χ1) is 9.78. The molecule has 0 heterocycles. The molecule has 0 unspecified atom stereocenters. The van der Waals surface area contributed by atoms with Crippen molar-refractivity contribution in [1.29, 1.82) is 0 Å². The summed E-state index contributed by atoms with van der Waals surface area (Å²) in [6, 6.07) is 17.3. The minimum atomic E-state index is -0.367. The third-order valence-electron chi connectivity index (χ3n) is 2.89. The largest absolute Gasteiger partial charge is 0.423 e. The molecule has 102 valence electrons. The number of hydrogen-bond acceptors (Lipinski definition) is 2. The molecule has 20 heavy (non-hydrogen) atoms. The fourth-order valence-corrected chi connectivity index (χ4v) is 1.89. The first-order valence-electron chi connectivity index (χ1n) is 6.82. The second kappa shape index (κ2) is 7.29. The number of ether oxygens (including phenoxy) is 1. The van der Waals surface area contributed by atoms with Crippen LogP contribution >= 0.6 is 0 Å². The van der Waals surface area contributed by atoms with Crippen LogP contribution < -0.4 is 4.74 Å². The van der Waals surface area contributed by atoms with Crippen molar-refractivity contribution in [2.24, 2.45) is 0 Å². The lowest BCUT2D eigenvalue weighted by Crippen LogP contribution is -2.03. The minimum Gasteiger partial charge on any atom is -0.423 e. The summed E-state index contributed by atoms with van der Waals surface area (Å²) in [5.41, 5.74) is 2.31. The van der Waals surface area contributed by atoms with Gasteiger partial charge in [0.1, 0.15) is 5.75 Å². The molecule has 2 heteroatoms. The highest BCUT2D eigenvalue weighted by Gasteiger charge is 1.99. The van der Waals surface area contributed by atoms with Gasteiger partial charge in [0.2, 0.25) is 0 Å². The zero-order valence-corrected chi connectivity index (χ0v) is 11.6. The first kappa shape index (κ1) is 14.1. The highest BCUT2D eigenvalue weighted by molar-refractivity contribution is 5.88. The van der Waals surface area contributed by atoms with E-state index in [2.05, 4.69) is 19.1 Å². The van der Waals surface area contributed by atoms with Crippen LogP contribution in [0.4, 0.5) is 0 Å². The van der Waals surface area contributed by atoms with E-state index in [4.69, 9.17) is 4.74 Å². The molecule has 2 nitrogen and oxygen atoms in total.